The first kappa shape index (κ1) is 13.1. The molecule has 1 aromatic carbocycles. The zero-order valence-electron chi connectivity index (χ0n) is 12.5. The summed E-state index contributed by atoms with van der Waals surface area (Å²) in [5.41, 5.74) is 2.67. The lowest BCUT2D eigenvalue weighted by atomic mass is 9.77. The van der Waals surface area contributed by atoms with Crippen molar-refractivity contribution in [1.29, 1.82) is 0 Å². The van der Waals surface area contributed by atoms with Crippen molar-refractivity contribution in [2.75, 3.05) is 20.2 Å². The van der Waals surface area contributed by atoms with Gasteiger partial charge >= 0.3 is 0 Å². The van der Waals surface area contributed by atoms with Gasteiger partial charge < -0.3 is 15.0 Å². The van der Waals surface area contributed by atoms with Crippen molar-refractivity contribution >= 4 is 5.91 Å². The molecule has 1 amide bonds. The molecule has 3 heterocycles. The van der Waals surface area contributed by atoms with Crippen molar-refractivity contribution in [2.45, 2.75) is 37.8 Å². The van der Waals surface area contributed by atoms with E-state index in [-0.39, 0.29) is 12.0 Å². The molecular weight excluding hydrogens is 264 g/mol. The maximum Gasteiger partial charge on any atom is 0.227 e. The average Bonchev–Trinajstić information content (AvgIpc) is 2.54. The molecular formula is C17H22N2O2. The van der Waals surface area contributed by atoms with E-state index in [4.69, 9.17) is 4.74 Å². The van der Waals surface area contributed by atoms with Gasteiger partial charge in [0, 0.05) is 12.6 Å². The molecule has 0 radical (unpaired) electrons. The Bertz CT molecular complexity index is 572. The number of hydrogen-bond acceptors (Lipinski definition) is 3. The Labute approximate surface area is 125 Å². The molecule has 3 aliphatic rings. The van der Waals surface area contributed by atoms with Crippen molar-refractivity contribution in [1.82, 2.24) is 10.2 Å². The molecule has 0 saturated carbocycles. The van der Waals surface area contributed by atoms with E-state index in [0.29, 0.717) is 11.9 Å². The highest BCUT2D eigenvalue weighted by Crippen LogP contribution is 2.41. The largest absolute Gasteiger partial charge is 0.497 e. The summed E-state index contributed by atoms with van der Waals surface area (Å²) in [7, 11) is 1.71. The molecule has 2 saturated heterocycles. The van der Waals surface area contributed by atoms with E-state index < -0.39 is 0 Å². The second-order valence-electron chi connectivity index (χ2n) is 6.41. The molecule has 3 aliphatic heterocycles. The van der Waals surface area contributed by atoms with E-state index in [2.05, 4.69) is 22.3 Å². The summed E-state index contributed by atoms with van der Waals surface area (Å²) in [6, 6.07) is 6.92. The number of ether oxygens (including phenoxy) is 1. The highest BCUT2D eigenvalue weighted by atomic mass is 16.5. The molecule has 0 spiro atoms. The van der Waals surface area contributed by atoms with Crippen molar-refractivity contribution in [2.24, 2.45) is 5.92 Å². The fourth-order valence-corrected chi connectivity index (χ4v) is 4.28. The van der Waals surface area contributed by atoms with E-state index >= 15 is 0 Å². The lowest BCUT2D eigenvalue weighted by Gasteiger charge is -2.48. The van der Waals surface area contributed by atoms with Crippen LogP contribution < -0.4 is 10.1 Å². The second kappa shape index (κ2) is 5.02. The quantitative estimate of drug-likeness (QED) is 0.857. The Morgan fingerprint density at radius 2 is 2.29 bits per heavy atom. The van der Waals surface area contributed by atoms with Crippen LogP contribution >= 0.6 is 0 Å². The number of carbonyl (C=O) groups excluding carboxylic acids is 1. The van der Waals surface area contributed by atoms with Gasteiger partial charge in [-0.15, -0.1) is 0 Å². The Balaban J connectivity index is 1.68. The highest BCUT2D eigenvalue weighted by molar-refractivity contribution is 5.81. The van der Waals surface area contributed by atoms with Crippen LogP contribution in [0.5, 0.6) is 5.75 Å². The van der Waals surface area contributed by atoms with Crippen molar-refractivity contribution < 1.29 is 9.53 Å². The summed E-state index contributed by atoms with van der Waals surface area (Å²) in [6.07, 6.45) is 4.17. The molecule has 4 heteroatoms. The standard InChI is InChI=1S/C17H22N2O2/c1-21-12-4-5-13-11(9-12)6-8-19-16(13)10-15-14(17(19)20)3-2-7-18-15/h4-5,9,14-16,18H,2-3,6-8,10H2,1H3/t14-,15-,16-/m0/s1. The summed E-state index contributed by atoms with van der Waals surface area (Å²) in [4.78, 5) is 14.9. The maximum absolute atomic E-state index is 12.8. The van der Waals surface area contributed by atoms with Gasteiger partial charge in [0.1, 0.15) is 5.75 Å². The van der Waals surface area contributed by atoms with Crippen LogP contribution in [0.3, 0.4) is 0 Å². The molecule has 4 rings (SSSR count). The van der Waals surface area contributed by atoms with E-state index in [0.717, 1.165) is 44.5 Å². The van der Waals surface area contributed by atoms with Gasteiger partial charge in [-0.25, -0.2) is 0 Å². The van der Waals surface area contributed by atoms with Crippen molar-refractivity contribution in [3.63, 3.8) is 0 Å². The first-order chi connectivity index (χ1) is 10.3. The van der Waals surface area contributed by atoms with Gasteiger partial charge in [-0.1, -0.05) is 6.07 Å². The van der Waals surface area contributed by atoms with E-state index in [1.807, 2.05) is 6.07 Å². The lowest BCUT2D eigenvalue weighted by molar-refractivity contribution is -0.145. The van der Waals surface area contributed by atoms with Crippen molar-refractivity contribution in [3.05, 3.63) is 29.3 Å². The summed E-state index contributed by atoms with van der Waals surface area (Å²) in [5.74, 6) is 1.48. The first-order valence-electron chi connectivity index (χ1n) is 7.98. The molecule has 0 unspecified atom stereocenters. The normalized spacial score (nSPS) is 31.2. The van der Waals surface area contributed by atoms with Crippen molar-refractivity contribution in [3.8, 4) is 5.75 Å². The number of amides is 1. The molecule has 2 fully saturated rings. The minimum Gasteiger partial charge on any atom is -0.497 e. The van der Waals surface area contributed by atoms with Gasteiger partial charge in [-0.3, -0.25) is 4.79 Å². The number of methoxy groups -OCH3 is 1. The number of carbonyl (C=O) groups is 1. The minimum atomic E-state index is 0.204. The van der Waals surface area contributed by atoms with Crippen LogP contribution in [-0.4, -0.2) is 37.0 Å². The maximum atomic E-state index is 12.8. The van der Waals surface area contributed by atoms with Crippen LogP contribution in [0.25, 0.3) is 0 Å². The van der Waals surface area contributed by atoms with Crippen LogP contribution in [0.1, 0.15) is 36.4 Å². The van der Waals surface area contributed by atoms with Gasteiger partial charge in [0.15, 0.2) is 0 Å². The van der Waals surface area contributed by atoms with Crippen LogP contribution in [0, 0.1) is 5.92 Å². The summed E-state index contributed by atoms with van der Waals surface area (Å²) in [5, 5.41) is 3.57. The SMILES string of the molecule is COc1ccc2c(c1)CCN1C(=O)[C@H]3CCCN[C@H]3C[C@@H]21. The molecule has 1 aromatic rings. The number of nitrogens with one attached hydrogen (secondary N) is 1. The number of rotatable bonds is 1. The third-order valence-electron chi connectivity index (χ3n) is 5.37. The predicted molar refractivity (Wildman–Crippen MR) is 80.3 cm³/mol. The topological polar surface area (TPSA) is 41.6 Å². The fourth-order valence-electron chi connectivity index (χ4n) is 4.28. The molecule has 0 aromatic heterocycles. The second-order valence-corrected chi connectivity index (χ2v) is 6.41. The first-order valence-corrected chi connectivity index (χ1v) is 7.98. The van der Waals surface area contributed by atoms with Gasteiger partial charge in [0.25, 0.3) is 0 Å². The van der Waals surface area contributed by atoms with E-state index in [1.54, 1.807) is 7.11 Å². The molecule has 0 bridgehead atoms. The van der Waals surface area contributed by atoms with Gasteiger partial charge in [-0.05, 0) is 55.5 Å². The lowest BCUT2D eigenvalue weighted by Crippen LogP contribution is -2.57. The molecule has 3 atom stereocenters. The molecule has 4 nitrogen and oxygen atoms in total. The van der Waals surface area contributed by atoms with E-state index in [1.165, 1.54) is 11.1 Å². The summed E-state index contributed by atoms with van der Waals surface area (Å²) >= 11 is 0. The van der Waals surface area contributed by atoms with Crippen LogP contribution in [-0.2, 0) is 11.2 Å². The Morgan fingerprint density at radius 1 is 1.38 bits per heavy atom. The third-order valence-corrected chi connectivity index (χ3v) is 5.37. The average molecular weight is 286 g/mol. The summed E-state index contributed by atoms with van der Waals surface area (Å²) < 4.78 is 5.33. The third kappa shape index (κ3) is 2.04. The Kier molecular flexibility index (Phi) is 3.14. The molecule has 112 valence electrons. The monoisotopic (exact) mass is 286 g/mol. The number of hydrogen-bond donors (Lipinski definition) is 1. The molecule has 1 N–H and O–H groups in total. The molecule has 21 heavy (non-hydrogen) atoms. The van der Waals surface area contributed by atoms with E-state index in [9.17, 15) is 4.79 Å². The molecule has 0 aliphatic carbocycles. The van der Waals surface area contributed by atoms with Gasteiger partial charge in [0.05, 0.1) is 19.1 Å². The van der Waals surface area contributed by atoms with Crippen LogP contribution in [0.4, 0.5) is 0 Å². The highest BCUT2D eigenvalue weighted by Gasteiger charge is 2.44. The Morgan fingerprint density at radius 3 is 3.14 bits per heavy atom. The zero-order valence-corrected chi connectivity index (χ0v) is 12.5. The predicted octanol–water partition coefficient (Wildman–Crippen LogP) is 1.89. The number of nitrogens with zero attached hydrogens (tertiary/aromatic N) is 1. The summed E-state index contributed by atoms with van der Waals surface area (Å²) in [6.45, 7) is 1.91. The minimum absolute atomic E-state index is 0.204. The van der Waals surface area contributed by atoms with Crippen LogP contribution in [0.2, 0.25) is 0 Å². The van der Waals surface area contributed by atoms with Gasteiger partial charge in [0.2, 0.25) is 5.91 Å². The van der Waals surface area contributed by atoms with Gasteiger partial charge in [-0.2, -0.15) is 0 Å². The fraction of sp³-hybridized carbons (Fsp3) is 0.588. The number of benzene rings is 1. The smallest absolute Gasteiger partial charge is 0.227 e. The Hall–Kier alpha value is -1.55. The number of piperidine rings is 2. The van der Waals surface area contributed by atoms with Crippen LogP contribution in [0.15, 0.2) is 18.2 Å². The zero-order chi connectivity index (χ0) is 14.4. The number of fused-ring (bicyclic) bond motifs is 4.